The predicted octanol–water partition coefficient (Wildman–Crippen LogP) is 2.81. The van der Waals surface area contributed by atoms with Crippen LogP contribution in [0.1, 0.15) is 11.4 Å². The quantitative estimate of drug-likeness (QED) is 0.598. The summed E-state index contributed by atoms with van der Waals surface area (Å²) in [7, 11) is 0. The van der Waals surface area contributed by atoms with Crippen LogP contribution in [0, 0.1) is 10.7 Å². The van der Waals surface area contributed by atoms with E-state index < -0.39 is 0 Å². The second kappa shape index (κ2) is 5.14. The molecule has 0 fully saturated rings. The van der Waals surface area contributed by atoms with Gasteiger partial charge in [-0.15, -0.1) is 0 Å². The van der Waals surface area contributed by atoms with E-state index in [2.05, 4.69) is 20.1 Å². The molecule has 1 aromatic carbocycles. The summed E-state index contributed by atoms with van der Waals surface area (Å²) < 4.78 is 4.61. The number of nitrogens with zero attached hydrogens (tertiary/aromatic N) is 3. The molecule has 2 aromatic rings. The number of nitriles is 1. The van der Waals surface area contributed by atoms with E-state index in [1.165, 1.54) is 6.39 Å². The molecule has 0 aliphatic carbocycles. The first kappa shape index (κ1) is 10.5. The molecule has 0 aliphatic rings. The van der Waals surface area contributed by atoms with Crippen LogP contribution in [-0.4, -0.2) is 10.1 Å². The molecule has 1 heterocycles. The molecule has 0 saturated carbocycles. The first-order chi connectivity index (χ1) is 7.90. The number of thioether (sulfide) groups is 1. The minimum Gasteiger partial charge on any atom is -0.342 e. The zero-order valence-electron chi connectivity index (χ0n) is 8.20. The molecule has 0 radical (unpaired) electrons. The minimum atomic E-state index is 0.511. The smallest absolute Gasteiger partial charge is 0.214 e. The maximum atomic E-state index is 8.65. The molecule has 0 bridgehead atoms. The van der Waals surface area contributed by atoms with E-state index in [9.17, 15) is 0 Å². The van der Waals surface area contributed by atoms with Crippen molar-refractivity contribution < 1.29 is 4.52 Å². The van der Waals surface area contributed by atoms with Gasteiger partial charge in [-0.1, -0.05) is 23.4 Å². The summed E-state index contributed by atoms with van der Waals surface area (Å²) in [5.41, 5.74) is 0.957. The zero-order chi connectivity index (χ0) is 11.2. The summed E-state index contributed by atoms with van der Waals surface area (Å²) in [6.45, 7) is 0. The zero-order valence-corrected chi connectivity index (χ0v) is 9.02. The van der Waals surface area contributed by atoms with Gasteiger partial charge in [0.2, 0.25) is 6.39 Å². The molecule has 2 rings (SSSR count). The van der Waals surface area contributed by atoms with Crippen molar-refractivity contribution in [3.63, 3.8) is 0 Å². The lowest BCUT2D eigenvalue weighted by atomic mass is 10.2. The summed E-state index contributed by atoms with van der Waals surface area (Å²) >= 11 is 1.13. The summed E-state index contributed by atoms with van der Waals surface area (Å²) in [6.07, 6.45) is 4.86. The summed E-state index contributed by atoms with van der Waals surface area (Å²) in [4.78, 5) is 4.78. The van der Waals surface area contributed by atoms with Crippen molar-refractivity contribution in [2.45, 2.75) is 4.90 Å². The van der Waals surface area contributed by atoms with Gasteiger partial charge in [0.05, 0.1) is 0 Å². The average Bonchev–Trinajstić information content (AvgIpc) is 2.81. The van der Waals surface area contributed by atoms with Gasteiger partial charge in [-0.2, -0.15) is 10.2 Å². The molecule has 78 valence electrons. The Morgan fingerprint density at radius 3 is 2.94 bits per heavy atom. The molecule has 0 N–H and O–H groups in total. The van der Waals surface area contributed by atoms with Crippen molar-refractivity contribution in [3.05, 3.63) is 42.0 Å². The monoisotopic (exact) mass is 229 g/mol. The molecule has 0 spiro atoms. The van der Waals surface area contributed by atoms with E-state index in [0.717, 1.165) is 22.2 Å². The van der Waals surface area contributed by atoms with E-state index in [4.69, 9.17) is 5.26 Å². The maximum absolute atomic E-state index is 8.65. The Hall–Kier alpha value is -2.06. The Balaban J connectivity index is 2.24. The van der Waals surface area contributed by atoms with Gasteiger partial charge in [-0.3, -0.25) is 0 Å². The van der Waals surface area contributed by atoms with Crippen molar-refractivity contribution in [1.82, 2.24) is 10.1 Å². The van der Waals surface area contributed by atoms with Gasteiger partial charge < -0.3 is 4.52 Å². The Labute approximate surface area is 96.6 Å². The van der Waals surface area contributed by atoms with Crippen LogP contribution in [0.5, 0.6) is 0 Å². The van der Waals surface area contributed by atoms with Crippen LogP contribution in [0.25, 0.3) is 12.2 Å². The van der Waals surface area contributed by atoms with Gasteiger partial charge in [0.15, 0.2) is 5.82 Å². The van der Waals surface area contributed by atoms with Crippen LogP contribution in [0.3, 0.4) is 0 Å². The third-order valence-electron chi connectivity index (χ3n) is 1.86. The first-order valence-electron chi connectivity index (χ1n) is 4.49. The third kappa shape index (κ3) is 2.49. The van der Waals surface area contributed by atoms with Gasteiger partial charge in [0.1, 0.15) is 5.40 Å². The molecule has 0 aliphatic heterocycles. The van der Waals surface area contributed by atoms with Crippen LogP contribution >= 0.6 is 11.8 Å². The SMILES string of the molecule is N#CSc1ccccc1C=Cc1ncon1. The lowest BCUT2D eigenvalue weighted by Gasteiger charge is -1.98. The largest absolute Gasteiger partial charge is 0.342 e. The standard InChI is InChI=1S/C11H7N3OS/c12-7-16-10-4-2-1-3-9(10)5-6-11-13-8-15-14-11/h1-6,8H. The van der Waals surface area contributed by atoms with Crippen molar-refractivity contribution in [1.29, 1.82) is 5.26 Å². The van der Waals surface area contributed by atoms with Crippen LogP contribution in [0.15, 0.2) is 40.1 Å². The van der Waals surface area contributed by atoms with Crippen LogP contribution in [0.2, 0.25) is 0 Å². The molecule has 16 heavy (non-hydrogen) atoms. The minimum absolute atomic E-state index is 0.511. The van der Waals surface area contributed by atoms with Gasteiger partial charge in [0, 0.05) is 4.90 Å². The number of thiocyanates is 1. The van der Waals surface area contributed by atoms with Crippen molar-refractivity contribution in [3.8, 4) is 5.40 Å². The second-order valence-electron chi connectivity index (χ2n) is 2.85. The highest BCUT2D eigenvalue weighted by atomic mass is 32.2. The van der Waals surface area contributed by atoms with Crippen LogP contribution < -0.4 is 0 Å². The number of hydrogen-bond donors (Lipinski definition) is 0. The van der Waals surface area contributed by atoms with E-state index in [1.807, 2.05) is 30.3 Å². The van der Waals surface area contributed by atoms with Crippen molar-refractivity contribution in [2.24, 2.45) is 0 Å². The summed E-state index contributed by atoms with van der Waals surface area (Å²) in [5, 5.41) is 14.4. The Morgan fingerprint density at radius 2 is 2.19 bits per heavy atom. The molecular formula is C11H7N3OS. The van der Waals surface area contributed by atoms with E-state index in [0.29, 0.717) is 5.82 Å². The number of benzene rings is 1. The lowest BCUT2D eigenvalue weighted by molar-refractivity contribution is 0.415. The van der Waals surface area contributed by atoms with Gasteiger partial charge in [-0.05, 0) is 35.5 Å². The summed E-state index contributed by atoms with van der Waals surface area (Å²) in [5.74, 6) is 0.511. The fourth-order valence-electron chi connectivity index (χ4n) is 1.18. The number of aromatic nitrogens is 2. The number of hydrogen-bond acceptors (Lipinski definition) is 5. The van der Waals surface area contributed by atoms with Gasteiger partial charge >= 0.3 is 0 Å². The molecule has 0 atom stereocenters. The fourth-order valence-corrected chi connectivity index (χ4v) is 1.68. The predicted molar refractivity (Wildman–Crippen MR) is 61.1 cm³/mol. The second-order valence-corrected chi connectivity index (χ2v) is 3.68. The van der Waals surface area contributed by atoms with Crippen LogP contribution in [0.4, 0.5) is 0 Å². The highest BCUT2D eigenvalue weighted by Crippen LogP contribution is 2.22. The molecule has 0 unspecified atom stereocenters. The lowest BCUT2D eigenvalue weighted by Crippen LogP contribution is -1.78. The molecule has 0 saturated heterocycles. The van der Waals surface area contributed by atoms with E-state index >= 15 is 0 Å². The van der Waals surface area contributed by atoms with Crippen molar-refractivity contribution >= 4 is 23.9 Å². The Bertz CT molecular complexity index is 528. The topological polar surface area (TPSA) is 62.7 Å². The van der Waals surface area contributed by atoms with Crippen LogP contribution in [-0.2, 0) is 0 Å². The molecular weight excluding hydrogens is 222 g/mol. The fraction of sp³-hybridized carbons (Fsp3) is 0. The Morgan fingerprint density at radius 1 is 1.31 bits per heavy atom. The molecule has 5 heteroatoms. The van der Waals surface area contributed by atoms with Gasteiger partial charge in [0.25, 0.3) is 0 Å². The normalized spacial score (nSPS) is 10.4. The first-order valence-corrected chi connectivity index (χ1v) is 5.31. The highest BCUT2D eigenvalue weighted by Gasteiger charge is 1.99. The molecule has 0 amide bonds. The Kier molecular flexibility index (Phi) is 3.36. The number of rotatable bonds is 3. The van der Waals surface area contributed by atoms with Gasteiger partial charge in [-0.25, -0.2) is 0 Å². The average molecular weight is 229 g/mol. The highest BCUT2D eigenvalue weighted by molar-refractivity contribution is 8.03. The molecule has 4 nitrogen and oxygen atoms in total. The maximum Gasteiger partial charge on any atom is 0.214 e. The van der Waals surface area contributed by atoms with Crippen molar-refractivity contribution in [2.75, 3.05) is 0 Å². The summed E-state index contributed by atoms with van der Waals surface area (Å²) in [6, 6.07) is 7.63. The van der Waals surface area contributed by atoms with E-state index in [-0.39, 0.29) is 0 Å². The third-order valence-corrected chi connectivity index (χ3v) is 2.55. The van der Waals surface area contributed by atoms with E-state index in [1.54, 1.807) is 6.08 Å². The molecule has 1 aromatic heterocycles.